The summed E-state index contributed by atoms with van der Waals surface area (Å²) in [6.07, 6.45) is 6.84. The minimum atomic E-state index is -0.181. The van der Waals surface area contributed by atoms with Crippen molar-refractivity contribution in [3.8, 4) is 0 Å². The number of hydrogen-bond donors (Lipinski definition) is 1. The molecule has 2 aromatic rings. The summed E-state index contributed by atoms with van der Waals surface area (Å²) in [7, 11) is 0. The molecule has 0 saturated carbocycles. The van der Waals surface area contributed by atoms with Crippen LogP contribution in [0.4, 0.5) is 4.39 Å². The number of hydrogen-bond acceptors (Lipinski definition) is 2. The predicted molar refractivity (Wildman–Crippen MR) is 72.9 cm³/mol. The van der Waals surface area contributed by atoms with E-state index in [1.54, 1.807) is 6.20 Å². The van der Waals surface area contributed by atoms with Crippen molar-refractivity contribution in [1.29, 1.82) is 0 Å². The predicted octanol–water partition coefficient (Wildman–Crippen LogP) is 2.84. The summed E-state index contributed by atoms with van der Waals surface area (Å²) in [4.78, 5) is 9.70. The van der Waals surface area contributed by atoms with Crippen molar-refractivity contribution >= 4 is 5.57 Å². The van der Waals surface area contributed by atoms with Crippen LogP contribution in [0.1, 0.15) is 17.8 Å². The fourth-order valence-corrected chi connectivity index (χ4v) is 2.38. The Morgan fingerprint density at radius 1 is 1.26 bits per heavy atom. The number of rotatable bonds is 3. The minimum Gasteiger partial charge on any atom is -0.348 e. The Hall–Kier alpha value is -1.94. The third-order valence-electron chi connectivity index (χ3n) is 3.44. The Balaban J connectivity index is 1.65. The van der Waals surface area contributed by atoms with Gasteiger partial charge in [-0.15, -0.1) is 0 Å². The number of imidazole rings is 1. The number of nitrogens with zero attached hydrogens (tertiary/aromatic N) is 2. The number of aromatic amines is 1. The SMILES string of the molecule is Fc1ccc(C2=CCN(Cc3ncc[nH]3)CC2)cc1. The third-order valence-corrected chi connectivity index (χ3v) is 3.44. The topological polar surface area (TPSA) is 31.9 Å². The second kappa shape index (κ2) is 5.36. The molecule has 0 radical (unpaired) electrons. The summed E-state index contributed by atoms with van der Waals surface area (Å²) in [6, 6.07) is 6.74. The Bertz CT molecular complexity index is 558. The average molecular weight is 257 g/mol. The Morgan fingerprint density at radius 3 is 2.74 bits per heavy atom. The summed E-state index contributed by atoms with van der Waals surface area (Å²) in [5.41, 5.74) is 2.43. The number of aromatic nitrogens is 2. The quantitative estimate of drug-likeness (QED) is 0.917. The van der Waals surface area contributed by atoms with Crippen molar-refractivity contribution in [1.82, 2.24) is 14.9 Å². The molecule has 1 aromatic carbocycles. The van der Waals surface area contributed by atoms with Crippen LogP contribution in [-0.2, 0) is 6.54 Å². The third kappa shape index (κ3) is 2.90. The molecule has 0 fully saturated rings. The number of halogens is 1. The molecule has 1 aliphatic rings. The summed E-state index contributed by atoms with van der Waals surface area (Å²) < 4.78 is 12.9. The standard InChI is InChI=1S/C15H16FN3/c16-14-3-1-12(2-4-14)13-5-9-19(10-6-13)11-15-17-7-8-18-15/h1-5,7-8H,6,9-11H2,(H,17,18). The first-order valence-electron chi connectivity index (χ1n) is 6.47. The highest BCUT2D eigenvalue weighted by molar-refractivity contribution is 5.66. The second-order valence-corrected chi connectivity index (χ2v) is 4.76. The van der Waals surface area contributed by atoms with E-state index in [2.05, 4.69) is 20.9 Å². The van der Waals surface area contributed by atoms with Gasteiger partial charge in [-0.1, -0.05) is 18.2 Å². The highest BCUT2D eigenvalue weighted by Gasteiger charge is 2.13. The van der Waals surface area contributed by atoms with Gasteiger partial charge in [-0.2, -0.15) is 0 Å². The first kappa shape index (κ1) is 12.1. The lowest BCUT2D eigenvalue weighted by Gasteiger charge is -2.25. The lowest BCUT2D eigenvalue weighted by molar-refractivity contribution is 0.287. The molecule has 2 heterocycles. The highest BCUT2D eigenvalue weighted by Crippen LogP contribution is 2.22. The molecule has 0 unspecified atom stereocenters. The van der Waals surface area contributed by atoms with Gasteiger partial charge in [0.05, 0.1) is 6.54 Å². The Morgan fingerprint density at radius 2 is 2.11 bits per heavy atom. The molecule has 0 spiro atoms. The second-order valence-electron chi connectivity index (χ2n) is 4.76. The first-order chi connectivity index (χ1) is 9.31. The molecule has 0 aliphatic carbocycles. The molecule has 98 valence electrons. The summed E-state index contributed by atoms with van der Waals surface area (Å²) in [5, 5.41) is 0. The maximum atomic E-state index is 12.9. The smallest absolute Gasteiger partial charge is 0.123 e. The largest absolute Gasteiger partial charge is 0.348 e. The van der Waals surface area contributed by atoms with E-state index < -0.39 is 0 Å². The van der Waals surface area contributed by atoms with Gasteiger partial charge in [0.25, 0.3) is 0 Å². The molecule has 1 aliphatic heterocycles. The molecule has 4 heteroatoms. The van der Waals surface area contributed by atoms with Crippen molar-refractivity contribution in [2.24, 2.45) is 0 Å². The van der Waals surface area contributed by atoms with Gasteiger partial charge >= 0.3 is 0 Å². The number of H-pyrrole nitrogens is 1. The van der Waals surface area contributed by atoms with Crippen LogP contribution in [-0.4, -0.2) is 28.0 Å². The van der Waals surface area contributed by atoms with E-state index >= 15 is 0 Å². The highest BCUT2D eigenvalue weighted by atomic mass is 19.1. The van der Waals surface area contributed by atoms with Gasteiger partial charge < -0.3 is 4.98 Å². The van der Waals surface area contributed by atoms with Crippen LogP contribution in [0.25, 0.3) is 5.57 Å². The van der Waals surface area contributed by atoms with E-state index in [0.717, 1.165) is 37.4 Å². The molecule has 0 saturated heterocycles. The van der Waals surface area contributed by atoms with Crippen molar-refractivity contribution in [3.05, 3.63) is 59.9 Å². The van der Waals surface area contributed by atoms with Crippen LogP contribution in [0, 0.1) is 5.82 Å². The van der Waals surface area contributed by atoms with E-state index in [1.807, 2.05) is 18.3 Å². The van der Waals surface area contributed by atoms with E-state index in [0.29, 0.717) is 0 Å². The fraction of sp³-hybridized carbons (Fsp3) is 0.267. The zero-order valence-electron chi connectivity index (χ0n) is 10.6. The molecule has 0 amide bonds. The molecular weight excluding hydrogens is 241 g/mol. The molecule has 3 rings (SSSR count). The minimum absolute atomic E-state index is 0.181. The number of benzene rings is 1. The summed E-state index contributed by atoms with van der Waals surface area (Å²) in [6.45, 7) is 2.76. The van der Waals surface area contributed by atoms with Crippen LogP contribution in [0.5, 0.6) is 0 Å². The monoisotopic (exact) mass is 257 g/mol. The van der Waals surface area contributed by atoms with Gasteiger partial charge in [0.1, 0.15) is 11.6 Å². The zero-order valence-corrected chi connectivity index (χ0v) is 10.6. The summed E-state index contributed by atoms with van der Waals surface area (Å²) in [5.74, 6) is 0.818. The Kier molecular flexibility index (Phi) is 3.42. The molecule has 0 atom stereocenters. The fourth-order valence-electron chi connectivity index (χ4n) is 2.38. The first-order valence-corrected chi connectivity index (χ1v) is 6.47. The van der Waals surface area contributed by atoms with Gasteiger partial charge in [-0.05, 0) is 29.7 Å². The molecule has 1 N–H and O–H groups in total. The number of nitrogens with one attached hydrogen (secondary N) is 1. The maximum absolute atomic E-state index is 12.9. The Labute approximate surface area is 111 Å². The molecule has 1 aromatic heterocycles. The van der Waals surface area contributed by atoms with Crippen molar-refractivity contribution in [3.63, 3.8) is 0 Å². The normalized spacial score (nSPS) is 16.4. The van der Waals surface area contributed by atoms with Crippen molar-refractivity contribution < 1.29 is 4.39 Å². The van der Waals surface area contributed by atoms with Crippen LogP contribution >= 0.6 is 0 Å². The van der Waals surface area contributed by atoms with Crippen LogP contribution < -0.4 is 0 Å². The van der Waals surface area contributed by atoms with Gasteiger partial charge in [0.15, 0.2) is 0 Å². The molecule has 0 bridgehead atoms. The van der Waals surface area contributed by atoms with Crippen molar-refractivity contribution in [2.75, 3.05) is 13.1 Å². The van der Waals surface area contributed by atoms with Crippen LogP contribution in [0.3, 0.4) is 0 Å². The van der Waals surface area contributed by atoms with E-state index in [-0.39, 0.29) is 5.82 Å². The van der Waals surface area contributed by atoms with Gasteiger partial charge in [-0.25, -0.2) is 9.37 Å². The van der Waals surface area contributed by atoms with Gasteiger partial charge in [-0.3, -0.25) is 4.90 Å². The van der Waals surface area contributed by atoms with Crippen LogP contribution in [0.15, 0.2) is 42.7 Å². The van der Waals surface area contributed by atoms with Crippen molar-refractivity contribution in [2.45, 2.75) is 13.0 Å². The molecular formula is C15H16FN3. The van der Waals surface area contributed by atoms with Crippen LogP contribution in [0.2, 0.25) is 0 Å². The molecule has 19 heavy (non-hydrogen) atoms. The average Bonchev–Trinajstić information content (AvgIpc) is 2.94. The molecule has 3 nitrogen and oxygen atoms in total. The maximum Gasteiger partial charge on any atom is 0.123 e. The van der Waals surface area contributed by atoms with Gasteiger partial charge in [0.2, 0.25) is 0 Å². The lowest BCUT2D eigenvalue weighted by Crippen LogP contribution is -2.28. The van der Waals surface area contributed by atoms with E-state index in [1.165, 1.54) is 17.7 Å². The summed E-state index contributed by atoms with van der Waals surface area (Å²) >= 11 is 0. The zero-order chi connectivity index (χ0) is 13.1. The van der Waals surface area contributed by atoms with Gasteiger partial charge in [0, 0.05) is 25.5 Å². The van der Waals surface area contributed by atoms with E-state index in [9.17, 15) is 4.39 Å². The lowest BCUT2D eigenvalue weighted by atomic mass is 9.99. The van der Waals surface area contributed by atoms with E-state index in [4.69, 9.17) is 0 Å².